The van der Waals surface area contributed by atoms with Crippen molar-refractivity contribution in [3.8, 4) is 0 Å². The summed E-state index contributed by atoms with van der Waals surface area (Å²) in [7, 11) is 0. The maximum atomic E-state index is 3.68. The van der Waals surface area contributed by atoms with Gasteiger partial charge in [0.2, 0.25) is 0 Å². The Morgan fingerprint density at radius 3 is 1.47 bits per heavy atom. The molecule has 0 aromatic heterocycles. The van der Waals surface area contributed by atoms with Crippen molar-refractivity contribution in [2.75, 3.05) is 0 Å². The van der Waals surface area contributed by atoms with E-state index < -0.39 is 0 Å². The van der Waals surface area contributed by atoms with Gasteiger partial charge in [-0.3, -0.25) is 6.08 Å². The molecule has 0 fully saturated rings. The van der Waals surface area contributed by atoms with Gasteiger partial charge in [0.15, 0.2) is 0 Å². The monoisotopic (exact) mass is 516 g/mol. The zero-order valence-electron chi connectivity index (χ0n) is 18.2. The molecule has 32 heavy (non-hydrogen) atoms. The van der Waals surface area contributed by atoms with E-state index in [-0.39, 0.29) is 64.4 Å². The van der Waals surface area contributed by atoms with Crippen molar-refractivity contribution in [1.29, 1.82) is 0 Å². The average Bonchev–Trinajstić information content (AvgIpc) is 3.24. The summed E-state index contributed by atoms with van der Waals surface area (Å²) in [6.45, 7) is 2.26. The van der Waals surface area contributed by atoms with Crippen molar-refractivity contribution < 1.29 is 58.9 Å². The number of hydrogen-bond acceptors (Lipinski definition) is 0. The zero-order chi connectivity index (χ0) is 19.2. The molecule has 0 unspecified atom stereocenters. The van der Waals surface area contributed by atoms with E-state index in [4.69, 9.17) is 0 Å². The molecule has 0 bridgehead atoms. The number of halogens is 3. The Kier molecular flexibility index (Phi) is 14.2. The van der Waals surface area contributed by atoms with Crippen LogP contribution in [0.5, 0.6) is 0 Å². The number of allylic oxidation sites excluding steroid dienone is 4. The van der Waals surface area contributed by atoms with Gasteiger partial charge in [-0.15, -0.1) is 6.42 Å². The van der Waals surface area contributed by atoms with Crippen LogP contribution < -0.4 is 37.2 Å². The molecule has 0 spiro atoms. The van der Waals surface area contributed by atoms with E-state index in [1.165, 1.54) is 40.7 Å². The molecule has 3 aromatic carbocycles. The van der Waals surface area contributed by atoms with Crippen LogP contribution in [0.4, 0.5) is 0 Å². The molecule has 3 aromatic rings. The summed E-state index contributed by atoms with van der Waals surface area (Å²) in [6, 6.07) is 32.9. The van der Waals surface area contributed by atoms with Crippen molar-refractivity contribution in [3.05, 3.63) is 131 Å². The van der Waals surface area contributed by atoms with Gasteiger partial charge in [0, 0.05) is 5.41 Å². The van der Waals surface area contributed by atoms with Crippen molar-refractivity contribution >= 4 is 0 Å². The minimum atomic E-state index is -0.309. The van der Waals surface area contributed by atoms with Gasteiger partial charge in [0.1, 0.15) is 0 Å². The summed E-state index contributed by atoms with van der Waals surface area (Å²) in [5.41, 5.74) is 6.43. The molecular weight excluding hydrogens is 491 g/mol. The second-order valence-corrected chi connectivity index (χ2v) is 7.43. The van der Waals surface area contributed by atoms with Crippen LogP contribution in [0.3, 0.4) is 0 Å². The fraction of sp³-hybridized carbons (Fsp3) is 0.214. The average molecular weight is 518 g/mol. The third kappa shape index (κ3) is 5.99. The molecule has 0 nitrogen and oxygen atoms in total. The quantitative estimate of drug-likeness (QED) is 0.199. The largest absolute Gasteiger partial charge is 4.00 e. The molecule has 1 aliphatic carbocycles. The normalized spacial score (nSPS) is 12.2. The maximum Gasteiger partial charge on any atom is 4.00 e. The third-order valence-corrected chi connectivity index (χ3v) is 5.75. The predicted molar refractivity (Wildman–Crippen MR) is 118 cm³/mol. The molecule has 0 aliphatic heterocycles. The van der Waals surface area contributed by atoms with E-state index in [2.05, 4.69) is 110 Å². The van der Waals surface area contributed by atoms with E-state index >= 15 is 0 Å². The Morgan fingerprint density at radius 2 is 1.09 bits per heavy atom. The fourth-order valence-electron chi connectivity index (χ4n) is 4.48. The molecule has 1 aliphatic rings. The molecule has 4 heteroatoms. The van der Waals surface area contributed by atoms with Crippen molar-refractivity contribution in [2.24, 2.45) is 0 Å². The summed E-state index contributed by atoms with van der Waals surface area (Å²) in [5.74, 6) is 0. The Morgan fingerprint density at radius 1 is 0.688 bits per heavy atom. The molecule has 4 rings (SSSR count). The Hall–Kier alpha value is -1.28. The molecule has 164 valence electrons. The van der Waals surface area contributed by atoms with Crippen LogP contribution >= 0.6 is 0 Å². The molecule has 0 heterocycles. The van der Waals surface area contributed by atoms with Crippen LogP contribution in [0.25, 0.3) is 0 Å². The summed E-state index contributed by atoms with van der Waals surface area (Å²) in [5, 5.41) is 0. The maximum absolute atomic E-state index is 3.68. The van der Waals surface area contributed by atoms with E-state index in [0.717, 1.165) is 12.8 Å². The number of unbranched alkanes of at least 4 members (excludes halogenated alkanes) is 1. The number of rotatable bonds is 7. The van der Waals surface area contributed by atoms with Crippen molar-refractivity contribution in [2.45, 2.75) is 38.0 Å². The number of benzene rings is 3. The fourth-order valence-corrected chi connectivity index (χ4v) is 4.48. The molecule has 0 saturated carbocycles. The first-order valence-corrected chi connectivity index (χ1v) is 10.3. The summed E-state index contributed by atoms with van der Waals surface area (Å²) in [4.78, 5) is 0. The summed E-state index contributed by atoms with van der Waals surface area (Å²) < 4.78 is 0. The Balaban J connectivity index is 0.00000240. The van der Waals surface area contributed by atoms with Gasteiger partial charge in [-0.2, -0.15) is 11.6 Å². The second kappa shape index (κ2) is 14.8. The van der Waals surface area contributed by atoms with Crippen LogP contribution in [0, 0.1) is 6.08 Å². The first-order chi connectivity index (χ1) is 13.9. The molecule has 0 N–H and O–H groups in total. The van der Waals surface area contributed by atoms with Gasteiger partial charge in [0.05, 0.1) is 0 Å². The van der Waals surface area contributed by atoms with Gasteiger partial charge in [-0.05, 0) is 16.7 Å². The third-order valence-electron chi connectivity index (χ3n) is 5.75. The first kappa shape index (κ1) is 30.7. The van der Waals surface area contributed by atoms with Gasteiger partial charge in [0.25, 0.3) is 0 Å². The minimum Gasteiger partial charge on any atom is -1.00 e. The smallest absolute Gasteiger partial charge is 1.00 e. The standard InChI is InChI=1S/C28H27.3ClH.Ti/c1-2-3-14-23-15-13-22-27(23)28(24-16-7-4-8-17-24,25-18-9-5-10-19-25)26-20-11-6-12-21-26;;;;/h4-12,16-22H,2-3,13-14H2,1H3;3*1H;/q-1;;;;+4/p-3. The van der Waals surface area contributed by atoms with E-state index in [0.29, 0.717) is 0 Å². The van der Waals surface area contributed by atoms with Gasteiger partial charge in [-0.1, -0.05) is 117 Å². The van der Waals surface area contributed by atoms with Gasteiger partial charge >= 0.3 is 21.7 Å². The Bertz CT molecular complexity index is 871. The second-order valence-electron chi connectivity index (χ2n) is 7.43. The van der Waals surface area contributed by atoms with Crippen molar-refractivity contribution in [3.63, 3.8) is 0 Å². The van der Waals surface area contributed by atoms with E-state index in [1.807, 2.05) is 0 Å². The van der Waals surface area contributed by atoms with E-state index in [1.54, 1.807) is 0 Å². The molecule has 0 radical (unpaired) electrons. The molecular formula is C28H27Cl3Ti. The molecule has 0 atom stereocenters. The van der Waals surface area contributed by atoms with Crippen LogP contribution in [-0.2, 0) is 27.1 Å². The van der Waals surface area contributed by atoms with Crippen LogP contribution in [-0.4, -0.2) is 0 Å². The van der Waals surface area contributed by atoms with Crippen LogP contribution in [0.2, 0.25) is 0 Å². The van der Waals surface area contributed by atoms with Gasteiger partial charge in [-0.25, -0.2) is 5.57 Å². The van der Waals surface area contributed by atoms with Crippen LogP contribution in [0.1, 0.15) is 49.3 Å². The predicted octanol–water partition coefficient (Wildman–Crippen LogP) is -1.72. The Labute approximate surface area is 226 Å². The summed E-state index contributed by atoms with van der Waals surface area (Å²) >= 11 is 0. The topological polar surface area (TPSA) is 0 Å². The minimum absolute atomic E-state index is 0. The zero-order valence-corrected chi connectivity index (χ0v) is 22.0. The molecule has 0 saturated heterocycles. The van der Waals surface area contributed by atoms with Crippen molar-refractivity contribution in [1.82, 2.24) is 0 Å². The number of hydrogen-bond donors (Lipinski definition) is 0. The first-order valence-electron chi connectivity index (χ1n) is 10.3. The van der Waals surface area contributed by atoms with Gasteiger partial charge < -0.3 is 37.2 Å². The van der Waals surface area contributed by atoms with E-state index in [9.17, 15) is 0 Å². The molecule has 0 amide bonds. The summed E-state index contributed by atoms with van der Waals surface area (Å²) in [6.07, 6.45) is 10.5. The van der Waals surface area contributed by atoms with Crippen LogP contribution in [0.15, 0.2) is 108 Å². The SMILES string of the molecule is CCCCC1=[C-]CC=C1C(c1ccccc1)(c1ccccc1)c1ccccc1.[Cl-].[Cl-].[Cl-].[Ti+4].